The molecule has 33 heavy (non-hydrogen) atoms. The standard InChI is InChI=1S/C24H25N3O5S/c1-3-32-21-12-10-20(11-13-21)27-33(30,31)22-9-5-8-19(15-22)24(29)26-16-17-6-4-7-18(14-17)23(28)25-2/h4-15,27H,3,16H2,1-2H3,(H,25,28)(H,26,29). The molecule has 0 aliphatic carbocycles. The lowest BCUT2D eigenvalue weighted by Crippen LogP contribution is -2.24. The lowest BCUT2D eigenvalue weighted by Gasteiger charge is -2.11. The SMILES string of the molecule is CCOc1ccc(NS(=O)(=O)c2cccc(C(=O)NCc3cccc(C(=O)NC)c3)c2)cc1. The molecule has 3 aromatic carbocycles. The minimum absolute atomic E-state index is 0.0364. The third-order valence-corrected chi connectivity index (χ3v) is 6.07. The number of hydrogen-bond acceptors (Lipinski definition) is 5. The predicted molar refractivity (Wildman–Crippen MR) is 126 cm³/mol. The van der Waals surface area contributed by atoms with Crippen LogP contribution >= 0.6 is 0 Å². The molecule has 0 aliphatic heterocycles. The van der Waals surface area contributed by atoms with Crippen LogP contribution in [0.2, 0.25) is 0 Å². The molecule has 3 rings (SSSR count). The Bertz CT molecular complexity index is 1240. The molecule has 0 saturated carbocycles. The summed E-state index contributed by atoms with van der Waals surface area (Å²) in [6.07, 6.45) is 0. The smallest absolute Gasteiger partial charge is 0.261 e. The fourth-order valence-corrected chi connectivity index (χ4v) is 4.16. The molecule has 0 bridgehead atoms. The van der Waals surface area contributed by atoms with Crippen LogP contribution in [0.4, 0.5) is 5.69 Å². The average molecular weight is 468 g/mol. The summed E-state index contributed by atoms with van der Waals surface area (Å²) in [6.45, 7) is 2.56. The maximum Gasteiger partial charge on any atom is 0.261 e. The lowest BCUT2D eigenvalue weighted by atomic mass is 10.1. The third kappa shape index (κ3) is 6.33. The molecule has 0 fully saturated rings. The van der Waals surface area contributed by atoms with E-state index >= 15 is 0 Å². The molecule has 0 atom stereocenters. The van der Waals surface area contributed by atoms with Crippen molar-refractivity contribution in [2.75, 3.05) is 18.4 Å². The van der Waals surface area contributed by atoms with Gasteiger partial charge in [0.15, 0.2) is 0 Å². The largest absolute Gasteiger partial charge is 0.494 e. The molecule has 0 saturated heterocycles. The normalized spacial score (nSPS) is 10.8. The summed E-state index contributed by atoms with van der Waals surface area (Å²) in [5, 5.41) is 5.30. The Morgan fingerprint density at radius 1 is 0.879 bits per heavy atom. The van der Waals surface area contributed by atoms with Gasteiger partial charge in [0.05, 0.1) is 11.5 Å². The Morgan fingerprint density at radius 3 is 2.21 bits per heavy atom. The number of anilines is 1. The molecule has 8 nitrogen and oxygen atoms in total. The highest BCUT2D eigenvalue weighted by atomic mass is 32.2. The number of amides is 2. The lowest BCUT2D eigenvalue weighted by molar-refractivity contribution is 0.0948. The second kappa shape index (κ2) is 10.6. The van der Waals surface area contributed by atoms with E-state index in [9.17, 15) is 18.0 Å². The number of sulfonamides is 1. The molecule has 3 aromatic rings. The number of benzene rings is 3. The van der Waals surface area contributed by atoms with Crippen molar-refractivity contribution >= 4 is 27.5 Å². The van der Waals surface area contributed by atoms with E-state index in [4.69, 9.17) is 4.74 Å². The van der Waals surface area contributed by atoms with Gasteiger partial charge in [-0.25, -0.2) is 8.42 Å². The first kappa shape index (κ1) is 23.8. The van der Waals surface area contributed by atoms with Crippen LogP contribution in [0, 0.1) is 0 Å². The molecule has 0 heterocycles. The molecule has 9 heteroatoms. The summed E-state index contributed by atoms with van der Waals surface area (Å²) in [5.41, 5.74) is 1.81. The zero-order valence-corrected chi connectivity index (χ0v) is 19.1. The van der Waals surface area contributed by atoms with Gasteiger partial charge in [-0.2, -0.15) is 0 Å². The fourth-order valence-electron chi connectivity index (χ4n) is 3.06. The molecule has 0 aliphatic rings. The van der Waals surface area contributed by atoms with E-state index in [-0.39, 0.29) is 22.9 Å². The Morgan fingerprint density at radius 2 is 1.55 bits per heavy atom. The van der Waals surface area contributed by atoms with E-state index in [1.165, 1.54) is 24.3 Å². The van der Waals surface area contributed by atoms with Gasteiger partial charge in [-0.3, -0.25) is 14.3 Å². The van der Waals surface area contributed by atoms with Crippen molar-refractivity contribution in [1.82, 2.24) is 10.6 Å². The number of hydrogen-bond donors (Lipinski definition) is 3. The van der Waals surface area contributed by atoms with E-state index < -0.39 is 15.9 Å². The molecule has 3 N–H and O–H groups in total. The molecule has 2 amide bonds. The van der Waals surface area contributed by atoms with Gasteiger partial charge >= 0.3 is 0 Å². The molecular weight excluding hydrogens is 442 g/mol. The second-order valence-corrected chi connectivity index (χ2v) is 8.74. The van der Waals surface area contributed by atoms with Gasteiger partial charge < -0.3 is 15.4 Å². The second-order valence-electron chi connectivity index (χ2n) is 7.05. The van der Waals surface area contributed by atoms with Crippen molar-refractivity contribution in [3.8, 4) is 5.75 Å². The molecule has 0 radical (unpaired) electrons. The monoisotopic (exact) mass is 467 g/mol. The van der Waals surface area contributed by atoms with Gasteiger partial charge in [0.1, 0.15) is 5.75 Å². The summed E-state index contributed by atoms with van der Waals surface area (Å²) in [6, 6.07) is 19.2. The number of rotatable bonds is 9. The maximum absolute atomic E-state index is 12.8. The maximum atomic E-state index is 12.8. The van der Waals surface area contributed by atoms with Gasteiger partial charge in [0.2, 0.25) is 0 Å². The van der Waals surface area contributed by atoms with Crippen LogP contribution in [-0.2, 0) is 16.6 Å². The Hall–Kier alpha value is -3.85. The number of ether oxygens (including phenoxy) is 1. The van der Waals surface area contributed by atoms with E-state index in [0.717, 1.165) is 5.56 Å². The van der Waals surface area contributed by atoms with Crippen molar-refractivity contribution in [2.24, 2.45) is 0 Å². The molecular formula is C24H25N3O5S. The molecule has 0 aromatic heterocycles. The van der Waals surface area contributed by atoms with Crippen LogP contribution in [-0.4, -0.2) is 33.9 Å². The van der Waals surface area contributed by atoms with Crippen LogP contribution in [0.15, 0.2) is 77.7 Å². The highest BCUT2D eigenvalue weighted by Crippen LogP contribution is 2.20. The summed E-state index contributed by atoms with van der Waals surface area (Å²) >= 11 is 0. The fraction of sp³-hybridized carbons (Fsp3) is 0.167. The van der Waals surface area contributed by atoms with Crippen molar-refractivity contribution < 1.29 is 22.7 Å². The van der Waals surface area contributed by atoms with Gasteiger partial charge in [0.25, 0.3) is 21.8 Å². The average Bonchev–Trinajstić information content (AvgIpc) is 2.83. The highest BCUT2D eigenvalue weighted by molar-refractivity contribution is 7.92. The van der Waals surface area contributed by atoms with Gasteiger partial charge in [-0.15, -0.1) is 0 Å². The summed E-state index contributed by atoms with van der Waals surface area (Å²) in [7, 11) is -2.35. The minimum atomic E-state index is -3.89. The first-order valence-electron chi connectivity index (χ1n) is 10.3. The van der Waals surface area contributed by atoms with Crippen LogP contribution in [0.3, 0.4) is 0 Å². The predicted octanol–water partition coefficient (Wildman–Crippen LogP) is 3.18. The van der Waals surface area contributed by atoms with Crippen LogP contribution in [0.25, 0.3) is 0 Å². The topological polar surface area (TPSA) is 114 Å². The first-order valence-corrected chi connectivity index (χ1v) is 11.8. The summed E-state index contributed by atoms with van der Waals surface area (Å²) in [4.78, 5) is 24.3. The zero-order valence-electron chi connectivity index (χ0n) is 18.3. The number of nitrogens with one attached hydrogen (secondary N) is 3. The first-order chi connectivity index (χ1) is 15.8. The van der Waals surface area contributed by atoms with Gasteiger partial charge in [-0.05, 0) is 67.1 Å². The van der Waals surface area contributed by atoms with Crippen LogP contribution in [0.1, 0.15) is 33.2 Å². The Labute approximate surface area is 193 Å². The molecule has 172 valence electrons. The van der Waals surface area contributed by atoms with Crippen molar-refractivity contribution in [2.45, 2.75) is 18.4 Å². The zero-order chi connectivity index (χ0) is 23.8. The van der Waals surface area contributed by atoms with E-state index in [1.54, 1.807) is 55.6 Å². The number of carbonyl (C=O) groups is 2. The Kier molecular flexibility index (Phi) is 7.68. The van der Waals surface area contributed by atoms with E-state index in [1.807, 2.05) is 6.92 Å². The van der Waals surface area contributed by atoms with Crippen LogP contribution in [0.5, 0.6) is 5.75 Å². The number of carbonyl (C=O) groups excluding carboxylic acids is 2. The third-order valence-electron chi connectivity index (χ3n) is 4.69. The van der Waals surface area contributed by atoms with Crippen molar-refractivity contribution in [3.05, 3.63) is 89.5 Å². The highest BCUT2D eigenvalue weighted by Gasteiger charge is 2.17. The van der Waals surface area contributed by atoms with Crippen molar-refractivity contribution in [1.29, 1.82) is 0 Å². The minimum Gasteiger partial charge on any atom is -0.494 e. The molecule has 0 spiro atoms. The quantitative estimate of drug-likeness (QED) is 0.447. The van der Waals surface area contributed by atoms with Crippen LogP contribution < -0.4 is 20.1 Å². The Balaban J connectivity index is 1.69. The van der Waals surface area contributed by atoms with Gasteiger partial charge in [0, 0.05) is 30.4 Å². The molecule has 0 unspecified atom stereocenters. The summed E-state index contributed by atoms with van der Waals surface area (Å²) in [5.74, 6) is -0.0143. The van der Waals surface area contributed by atoms with E-state index in [0.29, 0.717) is 23.6 Å². The van der Waals surface area contributed by atoms with E-state index in [2.05, 4.69) is 15.4 Å². The van der Waals surface area contributed by atoms with Gasteiger partial charge in [-0.1, -0.05) is 18.2 Å². The summed E-state index contributed by atoms with van der Waals surface area (Å²) < 4.78 is 33.4. The van der Waals surface area contributed by atoms with Crippen molar-refractivity contribution in [3.63, 3.8) is 0 Å².